The van der Waals surface area contributed by atoms with Crippen molar-refractivity contribution >= 4 is 11.5 Å². The molecule has 0 radical (unpaired) electrons. The quantitative estimate of drug-likeness (QED) is 0.454. The Morgan fingerprint density at radius 2 is 1.44 bits per heavy atom. The van der Waals surface area contributed by atoms with Crippen LogP contribution in [-0.4, -0.2) is 7.11 Å². The molecular weight excluding hydrogens is 326 g/mol. The first-order chi connectivity index (χ1) is 12.3. The lowest BCUT2D eigenvalue weighted by atomic mass is 10.0. The van der Waals surface area contributed by atoms with E-state index in [0.29, 0.717) is 0 Å². The number of hydrogen-bond donors (Lipinski definition) is 0. The molecule has 2 nitrogen and oxygen atoms in total. The normalized spacial score (nSPS) is 10.6. The van der Waals surface area contributed by atoms with E-state index >= 15 is 0 Å². The summed E-state index contributed by atoms with van der Waals surface area (Å²) in [5.41, 5.74) is 4.79. The lowest BCUT2D eigenvalue weighted by molar-refractivity contribution is -0.519. The lowest BCUT2D eigenvalue weighted by Gasteiger charge is -1.99. The maximum atomic E-state index is 5.37. The maximum Gasteiger partial charge on any atom is 0.228 e. The molecule has 1 aromatic heterocycles. The van der Waals surface area contributed by atoms with Gasteiger partial charge in [-0.15, -0.1) is 3.96 Å². The van der Waals surface area contributed by atoms with E-state index in [4.69, 9.17) is 4.74 Å². The van der Waals surface area contributed by atoms with Gasteiger partial charge in [0.2, 0.25) is 5.69 Å². The van der Waals surface area contributed by atoms with E-state index in [0.717, 1.165) is 11.4 Å². The van der Waals surface area contributed by atoms with Crippen molar-refractivity contribution in [2.45, 2.75) is 0 Å². The van der Waals surface area contributed by atoms with Gasteiger partial charge in [-0.3, -0.25) is 0 Å². The molecule has 0 fully saturated rings. The Morgan fingerprint density at radius 1 is 0.760 bits per heavy atom. The number of hydrogen-bond acceptors (Lipinski definition) is 2. The zero-order valence-electron chi connectivity index (χ0n) is 13.9. The van der Waals surface area contributed by atoms with Gasteiger partial charge in [-0.1, -0.05) is 66.7 Å². The summed E-state index contributed by atoms with van der Waals surface area (Å²) in [6.07, 6.45) is 2.21. The molecule has 0 aliphatic heterocycles. The second-order valence-electron chi connectivity index (χ2n) is 5.72. The van der Waals surface area contributed by atoms with Crippen molar-refractivity contribution in [3.8, 4) is 33.0 Å². The van der Waals surface area contributed by atoms with E-state index in [1.54, 1.807) is 18.6 Å². The summed E-state index contributed by atoms with van der Waals surface area (Å²) in [6.45, 7) is 0. The van der Waals surface area contributed by atoms with E-state index in [-0.39, 0.29) is 0 Å². The van der Waals surface area contributed by atoms with E-state index in [9.17, 15) is 0 Å². The molecule has 0 bridgehead atoms. The third-order valence-corrected chi connectivity index (χ3v) is 5.26. The fourth-order valence-corrected chi connectivity index (χ4v) is 3.93. The van der Waals surface area contributed by atoms with Crippen LogP contribution in [0.15, 0.2) is 91.1 Å². The first kappa shape index (κ1) is 15.6. The molecule has 0 saturated carbocycles. The number of ether oxygens (including phenoxy) is 1. The monoisotopic (exact) mass is 344 g/mol. The Hall–Kier alpha value is -2.91. The van der Waals surface area contributed by atoms with E-state index in [1.807, 2.05) is 18.2 Å². The summed E-state index contributed by atoms with van der Waals surface area (Å²) in [6, 6.07) is 29.2. The molecular formula is C22H18NOS+. The molecule has 0 amide bonds. The summed E-state index contributed by atoms with van der Waals surface area (Å²) < 4.78 is 7.58. The SMILES string of the molecule is COc1cccc(-[n+]2cc(-c3ccccc3)c(-c3ccccc3)s2)c1. The van der Waals surface area contributed by atoms with Crippen LogP contribution in [-0.2, 0) is 0 Å². The first-order valence-corrected chi connectivity index (χ1v) is 8.94. The van der Waals surface area contributed by atoms with E-state index in [2.05, 4.69) is 76.9 Å². The van der Waals surface area contributed by atoms with Crippen molar-refractivity contribution in [1.29, 1.82) is 0 Å². The summed E-state index contributed by atoms with van der Waals surface area (Å²) >= 11 is 1.74. The minimum absolute atomic E-state index is 0.862. The molecule has 122 valence electrons. The molecule has 0 aliphatic carbocycles. The Balaban J connectivity index is 1.89. The largest absolute Gasteiger partial charge is 0.497 e. The number of rotatable bonds is 4. The van der Waals surface area contributed by atoms with Gasteiger partial charge in [0, 0.05) is 6.07 Å². The second-order valence-corrected chi connectivity index (χ2v) is 6.71. The van der Waals surface area contributed by atoms with Crippen LogP contribution in [0, 0.1) is 0 Å². The zero-order chi connectivity index (χ0) is 17.1. The van der Waals surface area contributed by atoms with Crippen LogP contribution in [0.4, 0.5) is 0 Å². The molecule has 4 rings (SSSR count). The summed E-state index contributed by atoms with van der Waals surface area (Å²) in [5.74, 6) is 0.862. The maximum absolute atomic E-state index is 5.37. The van der Waals surface area contributed by atoms with Crippen LogP contribution >= 0.6 is 11.5 Å². The molecule has 0 saturated heterocycles. The van der Waals surface area contributed by atoms with Crippen LogP contribution in [0.2, 0.25) is 0 Å². The van der Waals surface area contributed by atoms with Crippen molar-refractivity contribution in [3.63, 3.8) is 0 Å². The van der Waals surface area contributed by atoms with Crippen molar-refractivity contribution in [2.24, 2.45) is 0 Å². The van der Waals surface area contributed by atoms with Crippen LogP contribution < -0.4 is 8.69 Å². The van der Waals surface area contributed by atoms with Gasteiger partial charge >= 0.3 is 0 Å². The molecule has 0 atom stereocenters. The molecule has 4 aromatic rings. The van der Waals surface area contributed by atoms with Gasteiger partial charge < -0.3 is 4.74 Å². The van der Waals surface area contributed by atoms with Gasteiger partial charge in [-0.05, 0) is 17.2 Å². The first-order valence-electron chi connectivity index (χ1n) is 8.16. The lowest BCUT2D eigenvalue weighted by Crippen LogP contribution is -2.23. The Labute approximate surface area is 151 Å². The number of aromatic nitrogens is 1. The highest BCUT2D eigenvalue weighted by Crippen LogP contribution is 2.35. The molecule has 3 heteroatoms. The van der Waals surface area contributed by atoms with Gasteiger partial charge in [-0.25, -0.2) is 0 Å². The fraction of sp³-hybridized carbons (Fsp3) is 0.0455. The van der Waals surface area contributed by atoms with Crippen molar-refractivity contribution in [2.75, 3.05) is 7.11 Å². The van der Waals surface area contributed by atoms with Crippen LogP contribution in [0.3, 0.4) is 0 Å². The minimum atomic E-state index is 0.862. The standard InChI is InChI=1S/C22H18NOS/c1-24-20-14-8-13-19(15-20)23-16-21(17-9-4-2-5-10-17)22(25-23)18-11-6-3-7-12-18/h2-16H,1H3/q+1. The predicted molar refractivity (Wildman–Crippen MR) is 103 cm³/mol. The van der Waals surface area contributed by atoms with Crippen molar-refractivity contribution < 1.29 is 8.69 Å². The van der Waals surface area contributed by atoms with E-state index in [1.165, 1.54) is 21.6 Å². The van der Waals surface area contributed by atoms with Gasteiger partial charge in [-0.2, -0.15) is 0 Å². The topological polar surface area (TPSA) is 13.1 Å². The average Bonchev–Trinajstić information content (AvgIpc) is 3.15. The van der Waals surface area contributed by atoms with Gasteiger partial charge in [0.25, 0.3) is 0 Å². The molecule has 0 unspecified atom stereocenters. The molecule has 0 aliphatic rings. The molecule has 0 spiro atoms. The van der Waals surface area contributed by atoms with Gasteiger partial charge in [0.1, 0.15) is 22.2 Å². The van der Waals surface area contributed by atoms with Crippen LogP contribution in [0.1, 0.15) is 0 Å². The number of methoxy groups -OCH3 is 1. The predicted octanol–water partition coefficient (Wildman–Crippen LogP) is 5.37. The van der Waals surface area contributed by atoms with Crippen LogP contribution in [0.25, 0.3) is 27.3 Å². The average molecular weight is 344 g/mol. The molecule has 3 aromatic carbocycles. The van der Waals surface area contributed by atoms with Gasteiger partial charge in [0.05, 0.1) is 18.7 Å². The Kier molecular flexibility index (Phi) is 4.32. The third-order valence-electron chi connectivity index (χ3n) is 4.11. The molecule has 25 heavy (non-hydrogen) atoms. The van der Waals surface area contributed by atoms with E-state index < -0.39 is 0 Å². The summed E-state index contributed by atoms with van der Waals surface area (Å²) in [7, 11) is 1.70. The fourth-order valence-electron chi connectivity index (χ4n) is 2.85. The third kappa shape index (κ3) is 3.19. The number of benzene rings is 3. The zero-order valence-corrected chi connectivity index (χ0v) is 14.7. The minimum Gasteiger partial charge on any atom is -0.497 e. The van der Waals surface area contributed by atoms with Gasteiger partial charge in [0.15, 0.2) is 6.20 Å². The van der Waals surface area contributed by atoms with Crippen LogP contribution in [0.5, 0.6) is 5.75 Å². The summed E-state index contributed by atoms with van der Waals surface area (Å²) in [5, 5.41) is 0. The smallest absolute Gasteiger partial charge is 0.228 e. The summed E-state index contributed by atoms with van der Waals surface area (Å²) in [4.78, 5) is 1.26. The Bertz CT molecular complexity index is 920. The highest BCUT2D eigenvalue weighted by atomic mass is 32.1. The molecule has 1 heterocycles. The number of nitrogens with zero attached hydrogens (tertiary/aromatic N) is 1. The molecule has 0 N–H and O–H groups in total. The second kappa shape index (κ2) is 6.91. The Morgan fingerprint density at radius 3 is 2.12 bits per heavy atom. The van der Waals surface area contributed by atoms with Crippen molar-refractivity contribution in [1.82, 2.24) is 0 Å². The highest BCUT2D eigenvalue weighted by molar-refractivity contribution is 7.06. The van der Waals surface area contributed by atoms with Crippen molar-refractivity contribution in [3.05, 3.63) is 91.1 Å². The highest BCUT2D eigenvalue weighted by Gasteiger charge is 2.21.